The summed E-state index contributed by atoms with van der Waals surface area (Å²) in [6.45, 7) is 3.67. The molecule has 2 aliphatic heterocycles. The van der Waals surface area contributed by atoms with Gasteiger partial charge in [0.2, 0.25) is 0 Å². The lowest BCUT2D eigenvalue weighted by atomic mass is 9.95. The van der Waals surface area contributed by atoms with Crippen LogP contribution in [-0.4, -0.2) is 29.2 Å². The summed E-state index contributed by atoms with van der Waals surface area (Å²) in [5, 5.41) is 12.0. The third kappa shape index (κ3) is 4.67. The lowest BCUT2D eigenvalue weighted by molar-refractivity contribution is -0.140. The number of nitrogens with zero attached hydrogens (tertiary/aromatic N) is 3. The fourth-order valence-corrected chi connectivity index (χ4v) is 4.09. The highest BCUT2D eigenvalue weighted by molar-refractivity contribution is 6.24. The topological polar surface area (TPSA) is 68.5 Å². The maximum Gasteiger partial charge on any atom is 0.419 e. The number of nitrogens with one attached hydrogen (secondary N) is 1. The second kappa shape index (κ2) is 8.98. The third-order valence-corrected chi connectivity index (χ3v) is 5.72. The van der Waals surface area contributed by atoms with Crippen LogP contribution in [0.5, 0.6) is 0 Å². The predicted octanol–water partition coefficient (Wildman–Crippen LogP) is 5.12. The SMILES string of the molecule is C[C@@H]1CN2C=C(c3ccc(F)cc3C#N)C=C(C(=O)N[C@H](C)c3cccc(C(F)(F)F)c3F)C2=N1. The van der Waals surface area contributed by atoms with Crippen LogP contribution >= 0.6 is 0 Å². The zero-order valence-corrected chi connectivity index (χ0v) is 18.6. The van der Waals surface area contributed by atoms with Crippen LogP contribution in [0, 0.1) is 23.0 Å². The van der Waals surface area contributed by atoms with Crippen molar-refractivity contribution in [2.75, 3.05) is 6.54 Å². The fraction of sp³-hybridized carbons (Fsp3) is 0.240. The number of amidine groups is 1. The molecule has 5 nitrogen and oxygen atoms in total. The molecule has 10 heteroatoms. The maximum atomic E-state index is 14.6. The molecule has 2 aliphatic rings. The number of rotatable bonds is 4. The average Bonchev–Trinajstić information content (AvgIpc) is 3.17. The van der Waals surface area contributed by atoms with Gasteiger partial charge in [-0.3, -0.25) is 9.79 Å². The predicted molar refractivity (Wildman–Crippen MR) is 119 cm³/mol. The monoisotopic (exact) mass is 486 g/mol. The number of aliphatic imine (C=N–C) groups is 1. The van der Waals surface area contributed by atoms with Crippen molar-refractivity contribution in [1.29, 1.82) is 5.26 Å². The fourth-order valence-electron chi connectivity index (χ4n) is 4.09. The number of carbonyl (C=O) groups excluding carboxylic acids is 1. The Hall–Kier alpha value is -4.00. The van der Waals surface area contributed by atoms with Crippen molar-refractivity contribution in [2.45, 2.75) is 32.1 Å². The van der Waals surface area contributed by atoms with Crippen LogP contribution in [0.25, 0.3) is 5.57 Å². The summed E-state index contributed by atoms with van der Waals surface area (Å²) in [4.78, 5) is 19.4. The van der Waals surface area contributed by atoms with Crippen LogP contribution in [0.3, 0.4) is 0 Å². The number of benzene rings is 2. The van der Waals surface area contributed by atoms with Crippen molar-refractivity contribution < 1.29 is 26.7 Å². The summed E-state index contributed by atoms with van der Waals surface area (Å²) in [5.41, 5.74) is -0.714. The van der Waals surface area contributed by atoms with Crippen LogP contribution in [-0.2, 0) is 11.0 Å². The van der Waals surface area contributed by atoms with Gasteiger partial charge < -0.3 is 10.2 Å². The molecule has 35 heavy (non-hydrogen) atoms. The number of fused-ring (bicyclic) bond motifs is 1. The third-order valence-electron chi connectivity index (χ3n) is 5.72. The molecule has 0 saturated heterocycles. The van der Waals surface area contributed by atoms with Gasteiger partial charge in [0.25, 0.3) is 5.91 Å². The average molecular weight is 486 g/mol. The Bertz CT molecular complexity index is 1340. The summed E-state index contributed by atoms with van der Waals surface area (Å²) >= 11 is 0. The maximum absolute atomic E-state index is 14.6. The van der Waals surface area contributed by atoms with Gasteiger partial charge >= 0.3 is 6.18 Å². The first-order valence-electron chi connectivity index (χ1n) is 10.6. The van der Waals surface area contributed by atoms with Gasteiger partial charge in [-0.1, -0.05) is 18.2 Å². The Morgan fingerprint density at radius 1 is 1.26 bits per heavy atom. The second-order valence-corrected chi connectivity index (χ2v) is 8.30. The van der Waals surface area contributed by atoms with Crippen molar-refractivity contribution in [2.24, 2.45) is 4.99 Å². The van der Waals surface area contributed by atoms with Crippen molar-refractivity contribution in [3.63, 3.8) is 0 Å². The number of hydrogen-bond donors (Lipinski definition) is 1. The van der Waals surface area contributed by atoms with Gasteiger partial charge in [-0.2, -0.15) is 18.4 Å². The standard InChI is InChI=1S/C25H19F5N4O/c1-13-11-34-12-16(19-7-6-17(26)8-15(19)10-31)9-20(23(34)32-13)24(35)33-14(2)18-4-3-5-21(22(18)27)25(28,29)30/h3-9,12-14H,11H2,1-2H3,(H,33,35)/t13-,14-/m1/s1. The second-order valence-electron chi connectivity index (χ2n) is 8.30. The van der Waals surface area contributed by atoms with E-state index in [0.717, 1.165) is 12.1 Å². The minimum absolute atomic E-state index is 0.0688. The van der Waals surface area contributed by atoms with E-state index in [1.54, 1.807) is 11.1 Å². The summed E-state index contributed by atoms with van der Waals surface area (Å²) in [5.74, 6) is -2.38. The molecule has 0 bridgehead atoms. The molecule has 0 radical (unpaired) electrons. The van der Waals surface area contributed by atoms with Gasteiger partial charge in [0, 0.05) is 29.4 Å². The molecule has 1 amide bonds. The molecular weight excluding hydrogens is 467 g/mol. The molecule has 0 aromatic heterocycles. The minimum Gasteiger partial charge on any atom is -0.345 e. The largest absolute Gasteiger partial charge is 0.419 e. The molecule has 2 heterocycles. The van der Waals surface area contributed by atoms with E-state index in [2.05, 4.69) is 10.3 Å². The number of allylic oxidation sites excluding steroid dienone is 2. The lowest BCUT2D eigenvalue weighted by Crippen LogP contribution is -2.37. The van der Waals surface area contributed by atoms with E-state index in [9.17, 15) is 32.0 Å². The first-order valence-corrected chi connectivity index (χ1v) is 10.6. The van der Waals surface area contributed by atoms with E-state index >= 15 is 0 Å². The smallest absolute Gasteiger partial charge is 0.345 e. The van der Waals surface area contributed by atoms with Gasteiger partial charge in [0.15, 0.2) is 0 Å². The number of halogens is 5. The Morgan fingerprint density at radius 2 is 2.00 bits per heavy atom. The lowest BCUT2D eigenvalue weighted by Gasteiger charge is -2.25. The van der Waals surface area contributed by atoms with E-state index in [1.807, 2.05) is 13.0 Å². The number of carbonyl (C=O) groups is 1. The number of alkyl halides is 3. The summed E-state index contributed by atoms with van der Waals surface area (Å²) in [6.07, 6.45) is -1.70. The molecule has 0 spiro atoms. The van der Waals surface area contributed by atoms with Crippen LogP contribution in [0.1, 0.15) is 42.1 Å². The summed E-state index contributed by atoms with van der Waals surface area (Å²) in [6, 6.07) is 7.27. The normalized spacial score (nSPS) is 18.2. The molecule has 0 aliphatic carbocycles. The molecule has 4 rings (SSSR count). The highest BCUT2D eigenvalue weighted by Crippen LogP contribution is 2.34. The van der Waals surface area contributed by atoms with E-state index < -0.39 is 35.3 Å². The van der Waals surface area contributed by atoms with Gasteiger partial charge in [0.05, 0.1) is 34.9 Å². The van der Waals surface area contributed by atoms with Gasteiger partial charge in [-0.25, -0.2) is 8.78 Å². The van der Waals surface area contributed by atoms with Crippen LogP contribution in [0.15, 0.2) is 59.2 Å². The molecule has 180 valence electrons. The molecule has 1 N–H and O–H groups in total. The number of nitriles is 1. The zero-order valence-electron chi connectivity index (χ0n) is 18.6. The molecule has 2 aromatic carbocycles. The Kier molecular flexibility index (Phi) is 6.19. The molecule has 0 fully saturated rings. The van der Waals surface area contributed by atoms with Crippen molar-refractivity contribution in [1.82, 2.24) is 10.2 Å². The minimum atomic E-state index is -4.88. The zero-order chi connectivity index (χ0) is 25.5. The van der Waals surface area contributed by atoms with Crippen LogP contribution < -0.4 is 5.32 Å². The van der Waals surface area contributed by atoms with Gasteiger partial charge in [0.1, 0.15) is 17.5 Å². The summed E-state index contributed by atoms with van der Waals surface area (Å²) < 4.78 is 67.5. The first kappa shape index (κ1) is 24.1. The Labute approximate surface area is 197 Å². The summed E-state index contributed by atoms with van der Waals surface area (Å²) in [7, 11) is 0. The Morgan fingerprint density at radius 3 is 2.69 bits per heavy atom. The van der Waals surface area contributed by atoms with Crippen molar-refractivity contribution in [3.8, 4) is 6.07 Å². The molecule has 0 unspecified atom stereocenters. The van der Waals surface area contributed by atoms with Crippen molar-refractivity contribution >= 4 is 17.3 Å². The van der Waals surface area contributed by atoms with E-state index in [4.69, 9.17) is 0 Å². The van der Waals surface area contributed by atoms with E-state index in [-0.39, 0.29) is 22.7 Å². The van der Waals surface area contributed by atoms with Gasteiger partial charge in [-0.15, -0.1) is 0 Å². The molecule has 2 atom stereocenters. The van der Waals surface area contributed by atoms with Crippen molar-refractivity contribution in [3.05, 3.63) is 88.1 Å². The quantitative estimate of drug-likeness (QED) is 0.611. The Balaban J connectivity index is 1.69. The number of amides is 1. The molecule has 2 aromatic rings. The number of hydrogen-bond acceptors (Lipinski definition) is 4. The van der Waals surface area contributed by atoms with E-state index in [0.29, 0.717) is 29.6 Å². The highest BCUT2D eigenvalue weighted by atomic mass is 19.4. The molecule has 0 saturated carbocycles. The molecular formula is C25H19F5N4O. The van der Waals surface area contributed by atoms with E-state index in [1.165, 1.54) is 31.2 Å². The highest BCUT2D eigenvalue weighted by Gasteiger charge is 2.36. The first-order chi connectivity index (χ1) is 16.5. The van der Waals surface area contributed by atoms with Crippen LogP contribution in [0.4, 0.5) is 22.0 Å². The van der Waals surface area contributed by atoms with Gasteiger partial charge in [-0.05, 0) is 38.1 Å². The van der Waals surface area contributed by atoms with Crippen LogP contribution in [0.2, 0.25) is 0 Å².